The fourth-order valence-corrected chi connectivity index (χ4v) is 4.24. The Balaban J connectivity index is 1.75. The maximum Gasteiger partial charge on any atom is 0.397 e. The molecule has 3 aliphatic heterocycles. The third-order valence-corrected chi connectivity index (χ3v) is 5.72. The number of anilines is 1. The first-order valence-corrected chi connectivity index (χ1v) is 10.1. The van der Waals surface area contributed by atoms with Crippen molar-refractivity contribution in [1.82, 2.24) is 9.80 Å². The van der Waals surface area contributed by atoms with Gasteiger partial charge in [-0.25, -0.2) is 14.3 Å². The number of aryl methyl sites for hydroxylation is 1. The third kappa shape index (κ3) is 3.14. The SMILES string of the molecule is C=C(C)CN1C(=O)C2C(=NC3=[N+]2CC(C)CN3c2ccc(CC)cc2)N(C)C1=O. The summed E-state index contributed by atoms with van der Waals surface area (Å²) in [6, 6.07) is 7.56. The number of amidine groups is 1. The minimum absolute atomic E-state index is 0.222. The van der Waals surface area contributed by atoms with Crippen molar-refractivity contribution in [3.63, 3.8) is 0 Å². The molecule has 3 aliphatic rings. The highest BCUT2D eigenvalue weighted by molar-refractivity contribution is 6.24. The fourth-order valence-electron chi connectivity index (χ4n) is 4.24. The Morgan fingerprint density at radius 3 is 2.59 bits per heavy atom. The highest BCUT2D eigenvalue weighted by Gasteiger charge is 2.55. The van der Waals surface area contributed by atoms with Crippen LogP contribution in [0, 0.1) is 5.92 Å². The molecule has 2 unspecified atom stereocenters. The van der Waals surface area contributed by atoms with Crippen LogP contribution in [0.5, 0.6) is 0 Å². The van der Waals surface area contributed by atoms with Crippen LogP contribution in [0.2, 0.25) is 0 Å². The zero-order chi connectivity index (χ0) is 20.9. The monoisotopic (exact) mass is 394 g/mol. The summed E-state index contributed by atoms with van der Waals surface area (Å²) in [5, 5.41) is 0. The second-order valence-corrected chi connectivity index (χ2v) is 8.28. The fraction of sp³-hybridized carbons (Fsp3) is 0.455. The first-order chi connectivity index (χ1) is 13.8. The molecule has 29 heavy (non-hydrogen) atoms. The van der Waals surface area contributed by atoms with Crippen molar-refractivity contribution in [3.8, 4) is 0 Å². The van der Waals surface area contributed by atoms with Crippen LogP contribution in [0.15, 0.2) is 41.4 Å². The van der Waals surface area contributed by atoms with E-state index in [0.717, 1.165) is 36.7 Å². The maximum absolute atomic E-state index is 13.3. The number of hydrogen-bond acceptors (Lipinski definition) is 4. The van der Waals surface area contributed by atoms with Gasteiger partial charge in [0.2, 0.25) is 11.9 Å². The maximum atomic E-state index is 13.3. The van der Waals surface area contributed by atoms with E-state index in [1.54, 1.807) is 7.05 Å². The van der Waals surface area contributed by atoms with Gasteiger partial charge in [-0.2, -0.15) is 0 Å². The van der Waals surface area contributed by atoms with Crippen molar-refractivity contribution < 1.29 is 14.2 Å². The summed E-state index contributed by atoms with van der Waals surface area (Å²) in [5.41, 5.74) is 3.10. The first kappa shape index (κ1) is 19.4. The lowest BCUT2D eigenvalue weighted by molar-refractivity contribution is -0.545. The Labute approximate surface area is 171 Å². The normalized spacial score (nSPS) is 24.0. The number of urea groups is 1. The van der Waals surface area contributed by atoms with E-state index in [4.69, 9.17) is 4.99 Å². The molecule has 0 spiro atoms. The number of benzene rings is 1. The Hall–Kier alpha value is -2.96. The minimum Gasteiger partial charge on any atom is -0.270 e. The van der Waals surface area contributed by atoms with Crippen molar-refractivity contribution in [3.05, 3.63) is 42.0 Å². The number of aliphatic imine (C=N–C) groups is 1. The van der Waals surface area contributed by atoms with E-state index in [-0.39, 0.29) is 18.5 Å². The topological polar surface area (TPSA) is 59.2 Å². The van der Waals surface area contributed by atoms with Gasteiger partial charge in [0.05, 0.1) is 19.6 Å². The lowest BCUT2D eigenvalue weighted by Crippen LogP contribution is -2.63. The van der Waals surface area contributed by atoms with Gasteiger partial charge < -0.3 is 0 Å². The molecule has 1 fully saturated rings. The predicted molar refractivity (Wildman–Crippen MR) is 113 cm³/mol. The summed E-state index contributed by atoms with van der Waals surface area (Å²) in [6.45, 7) is 11.8. The number of hydrogen-bond donors (Lipinski definition) is 0. The molecule has 152 valence electrons. The largest absolute Gasteiger partial charge is 0.397 e. The Morgan fingerprint density at radius 1 is 1.28 bits per heavy atom. The first-order valence-electron chi connectivity index (χ1n) is 10.1. The zero-order valence-electron chi connectivity index (χ0n) is 17.6. The van der Waals surface area contributed by atoms with Crippen LogP contribution in [-0.4, -0.2) is 70.8 Å². The molecule has 1 saturated heterocycles. The summed E-state index contributed by atoms with van der Waals surface area (Å²) < 4.78 is 2.05. The number of fused-ring (bicyclic) bond motifs is 2. The number of carbonyl (C=O) groups is 2. The molecule has 0 saturated carbocycles. The van der Waals surface area contributed by atoms with Gasteiger partial charge in [0.25, 0.3) is 5.91 Å². The quantitative estimate of drug-likeness (QED) is 0.582. The van der Waals surface area contributed by atoms with Gasteiger partial charge in [-0.3, -0.25) is 14.6 Å². The van der Waals surface area contributed by atoms with Crippen LogP contribution in [0.4, 0.5) is 10.5 Å². The second-order valence-electron chi connectivity index (χ2n) is 8.28. The summed E-state index contributed by atoms with van der Waals surface area (Å²) in [6.07, 6.45) is 0.990. The molecule has 0 bridgehead atoms. The molecule has 1 aromatic rings. The molecule has 0 aliphatic carbocycles. The van der Waals surface area contributed by atoms with Crippen LogP contribution in [0.3, 0.4) is 0 Å². The zero-order valence-corrected chi connectivity index (χ0v) is 17.6. The molecule has 0 radical (unpaired) electrons. The van der Waals surface area contributed by atoms with Crippen molar-refractivity contribution in [1.29, 1.82) is 0 Å². The molecule has 7 nitrogen and oxygen atoms in total. The number of imide groups is 1. The van der Waals surface area contributed by atoms with E-state index in [9.17, 15) is 9.59 Å². The summed E-state index contributed by atoms with van der Waals surface area (Å²) >= 11 is 0. The van der Waals surface area contributed by atoms with E-state index < -0.39 is 6.04 Å². The average molecular weight is 394 g/mol. The van der Waals surface area contributed by atoms with Crippen molar-refractivity contribution in [2.75, 3.05) is 31.6 Å². The molecule has 1 aromatic carbocycles. The molecule has 0 N–H and O–H groups in total. The highest BCUT2D eigenvalue weighted by Crippen LogP contribution is 2.28. The van der Waals surface area contributed by atoms with Gasteiger partial charge in [0.1, 0.15) is 5.69 Å². The predicted octanol–water partition coefficient (Wildman–Crippen LogP) is 2.32. The number of guanidine groups is 1. The van der Waals surface area contributed by atoms with Crippen LogP contribution in [0.1, 0.15) is 26.3 Å². The minimum atomic E-state index is -0.563. The molecular weight excluding hydrogens is 366 g/mol. The van der Waals surface area contributed by atoms with E-state index >= 15 is 0 Å². The standard InChI is InChI=1S/C22H28N5O2/c1-6-16-7-9-17(10-8-16)25-12-15(4)13-26-18-19(23-21(25)26)24(5)22(29)27(20(18)28)11-14(2)3/h7-10,15,18H,2,6,11-13H2,1,3-5H3/q+1. The van der Waals surface area contributed by atoms with E-state index in [2.05, 4.69) is 49.6 Å². The van der Waals surface area contributed by atoms with Gasteiger partial charge in [-0.05, 0) is 31.0 Å². The Bertz CT molecular complexity index is 946. The Morgan fingerprint density at radius 2 is 1.97 bits per heavy atom. The van der Waals surface area contributed by atoms with Crippen molar-refractivity contribution in [2.24, 2.45) is 10.9 Å². The van der Waals surface area contributed by atoms with Gasteiger partial charge >= 0.3 is 12.0 Å². The summed E-state index contributed by atoms with van der Waals surface area (Å²) in [5.74, 6) is 1.39. The lowest BCUT2D eigenvalue weighted by Gasteiger charge is -2.35. The van der Waals surface area contributed by atoms with E-state index in [1.165, 1.54) is 15.4 Å². The van der Waals surface area contributed by atoms with Crippen LogP contribution in [0.25, 0.3) is 0 Å². The van der Waals surface area contributed by atoms with Crippen molar-refractivity contribution >= 4 is 29.4 Å². The molecule has 4 rings (SSSR count). The molecular formula is C22H28N5O2+. The summed E-state index contributed by atoms with van der Waals surface area (Å²) in [7, 11) is 1.69. The molecule has 7 heteroatoms. The average Bonchev–Trinajstić information content (AvgIpc) is 3.08. The van der Waals surface area contributed by atoms with Gasteiger partial charge in [0.15, 0.2) is 0 Å². The number of nitrogens with zero attached hydrogens (tertiary/aromatic N) is 5. The third-order valence-electron chi connectivity index (χ3n) is 5.72. The molecule has 0 aromatic heterocycles. The van der Waals surface area contributed by atoms with E-state index in [0.29, 0.717) is 11.8 Å². The lowest BCUT2D eigenvalue weighted by atomic mass is 10.1. The van der Waals surface area contributed by atoms with Gasteiger partial charge in [0, 0.05) is 13.0 Å². The molecule has 3 amide bonds. The second kappa shape index (κ2) is 7.13. The summed E-state index contributed by atoms with van der Waals surface area (Å²) in [4.78, 5) is 35.8. The van der Waals surface area contributed by atoms with E-state index in [1.807, 2.05) is 11.5 Å². The number of likely N-dealkylation sites (N-methyl/N-ethyl adjacent to an activating group) is 1. The smallest absolute Gasteiger partial charge is 0.270 e. The number of rotatable bonds is 4. The van der Waals surface area contributed by atoms with Crippen molar-refractivity contribution in [2.45, 2.75) is 33.2 Å². The van der Waals surface area contributed by atoms with Crippen LogP contribution < -0.4 is 4.90 Å². The number of carbonyl (C=O) groups excluding carboxylic acids is 2. The van der Waals surface area contributed by atoms with Crippen LogP contribution in [-0.2, 0) is 11.2 Å². The highest BCUT2D eigenvalue weighted by atomic mass is 16.2. The van der Waals surface area contributed by atoms with Crippen LogP contribution >= 0.6 is 0 Å². The number of amides is 3. The Kier molecular flexibility index (Phi) is 4.76. The van der Waals surface area contributed by atoms with Gasteiger partial charge in [-0.1, -0.05) is 43.1 Å². The van der Waals surface area contributed by atoms with Gasteiger partial charge in [-0.15, -0.1) is 0 Å². The molecule has 2 atom stereocenters. The molecule has 3 heterocycles.